The van der Waals surface area contributed by atoms with Gasteiger partial charge in [-0.1, -0.05) is 30.3 Å². The summed E-state index contributed by atoms with van der Waals surface area (Å²) in [5.41, 5.74) is 0. The minimum absolute atomic E-state index is 0.0734. The zero-order valence-corrected chi connectivity index (χ0v) is 14.6. The third-order valence-electron chi connectivity index (χ3n) is 3.55. The fourth-order valence-corrected chi connectivity index (χ4v) is 3.27. The predicted octanol–water partition coefficient (Wildman–Crippen LogP) is 0.419. The lowest BCUT2D eigenvalue weighted by Gasteiger charge is -2.40. The summed E-state index contributed by atoms with van der Waals surface area (Å²) in [6.45, 7) is 5.76. The summed E-state index contributed by atoms with van der Waals surface area (Å²) in [5, 5.41) is 11.1. The quantitative estimate of drug-likeness (QED) is 0.428. The summed E-state index contributed by atoms with van der Waals surface area (Å²) in [4.78, 5) is 34.7. The molecule has 7 nitrogen and oxygen atoms in total. The normalized spacial score (nSPS) is 18.1. The van der Waals surface area contributed by atoms with Crippen molar-refractivity contribution in [2.75, 3.05) is 30.3 Å². The van der Waals surface area contributed by atoms with Gasteiger partial charge in [-0.3, -0.25) is 4.79 Å². The van der Waals surface area contributed by atoms with E-state index in [0.717, 1.165) is 11.8 Å². The van der Waals surface area contributed by atoms with E-state index >= 15 is 0 Å². The number of aromatic nitrogens is 2. The van der Waals surface area contributed by atoms with Gasteiger partial charge in [0.25, 0.3) is 0 Å². The predicted molar refractivity (Wildman–Crippen MR) is 86.5 cm³/mol. The first kappa shape index (κ1) is 17.8. The minimum Gasteiger partial charge on any atom is -0.549 e. The van der Waals surface area contributed by atoms with Crippen LogP contribution in [0.15, 0.2) is 11.2 Å². The van der Waals surface area contributed by atoms with E-state index in [4.69, 9.17) is 11.6 Å². The van der Waals surface area contributed by atoms with Crippen molar-refractivity contribution in [3.8, 4) is 0 Å². The Kier molecular flexibility index (Phi) is 6.06. The first-order valence-corrected chi connectivity index (χ1v) is 8.68. The van der Waals surface area contributed by atoms with E-state index in [1.54, 1.807) is 6.07 Å². The van der Waals surface area contributed by atoms with E-state index < -0.39 is 5.97 Å². The van der Waals surface area contributed by atoms with E-state index in [0.29, 0.717) is 37.0 Å². The molecular weight excluding hydrogens is 340 g/mol. The molecule has 0 bridgehead atoms. The van der Waals surface area contributed by atoms with Crippen molar-refractivity contribution in [2.45, 2.75) is 31.5 Å². The zero-order chi connectivity index (χ0) is 17.0. The molecule has 0 aromatic carbocycles. The van der Waals surface area contributed by atoms with Gasteiger partial charge in [0, 0.05) is 43.9 Å². The van der Waals surface area contributed by atoms with Crippen molar-refractivity contribution in [1.82, 2.24) is 14.9 Å². The van der Waals surface area contributed by atoms with E-state index in [1.165, 1.54) is 0 Å². The number of anilines is 1. The number of piperazine rings is 1. The summed E-state index contributed by atoms with van der Waals surface area (Å²) in [5.74, 6) is -0.626. The molecule has 1 aliphatic heterocycles. The summed E-state index contributed by atoms with van der Waals surface area (Å²) in [6, 6.07) is 1.72. The molecule has 23 heavy (non-hydrogen) atoms. The minimum atomic E-state index is -1.18. The number of carbonyl (C=O) groups excluding carboxylic acids is 2. The lowest BCUT2D eigenvalue weighted by Crippen LogP contribution is -2.54. The van der Waals surface area contributed by atoms with Crippen molar-refractivity contribution in [1.29, 1.82) is 0 Å². The van der Waals surface area contributed by atoms with Crippen LogP contribution in [-0.4, -0.2) is 58.2 Å². The monoisotopic (exact) mass is 357 g/mol. The van der Waals surface area contributed by atoms with E-state index in [1.807, 2.05) is 23.6 Å². The molecule has 1 saturated heterocycles. The zero-order valence-electron chi connectivity index (χ0n) is 13.0. The highest BCUT2D eigenvalue weighted by Crippen LogP contribution is 2.24. The average molecular weight is 358 g/mol. The van der Waals surface area contributed by atoms with Gasteiger partial charge in [-0.15, -0.1) is 0 Å². The van der Waals surface area contributed by atoms with E-state index in [-0.39, 0.29) is 22.9 Å². The summed E-state index contributed by atoms with van der Waals surface area (Å²) in [7, 11) is 0. The first-order valence-electron chi connectivity index (χ1n) is 7.32. The Morgan fingerprint density at radius 2 is 2.17 bits per heavy atom. The highest BCUT2D eigenvalue weighted by molar-refractivity contribution is 7.99. The number of rotatable bonds is 5. The van der Waals surface area contributed by atoms with Crippen molar-refractivity contribution < 1.29 is 14.7 Å². The number of thioether (sulfide) groups is 1. The summed E-state index contributed by atoms with van der Waals surface area (Å²) in [6.07, 6.45) is 0.494. The van der Waals surface area contributed by atoms with Crippen molar-refractivity contribution in [3.63, 3.8) is 0 Å². The molecular formula is C14H18ClN4O3S-. The molecule has 1 aromatic heterocycles. The van der Waals surface area contributed by atoms with Gasteiger partial charge in [-0.25, -0.2) is 9.97 Å². The fraction of sp³-hybridized carbons (Fsp3) is 0.571. The Morgan fingerprint density at radius 1 is 1.43 bits per heavy atom. The van der Waals surface area contributed by atoms with Crippen LogP contribution in [0.5, 0.6) is 0 Å². The van der Waals surface area contributed by atoms with E-state index in [2.05, 4.69) is 9.97 Å². The Hall–Kier alpha value is -1.54. The van der Waals surface area contributed by atoms with Crippen molar-refractivity contribution >= 4 is 41.1 Å². The summed E-state index contributed by atoms with van der Waals surface area (Å²) < 4.78 is 0. The number of halogens is 1. The number of carboxylic acid groups (broad SMARTS) is 1. The van der Waals surface area contributed by atoms with Gasteiger partial charge in [0.15, 0.2) is 5.16 Å². The number of aliphatic carboxylic acids is 1. The second kappa shape index (κ2) is 7.83. The molecule has 0 N–H and O–H groups in total. The number of hydrogen-bond acceptors (Lipinski definition) is 7. The molecule has 1 fully saturated rings. The lowest BCUT2D eigenvalue weighted by molar-refractivity contribution is -0.301. The Bertz CT molecular complexity index is 601. The fourth-order valence-electron chi connectivity index (χ4n) is 2.47. The van der Waals surface area contributed by atoms with Crippen LogP contribution in [0.4, 0.5) is 5.82 Å². The third-order valence-corrected chi connectivity index (χ3v) is 4.57. The van der Waals surface area contributed by atoms with Crippen molar-refractivity contribution in [3.05, 3.63) is 11.2 Å². The maximum Gasteiger partial charge on any atom is 0.222 e. The lowest BCUT2D eigenvalue weighted by atomic mass is 10.1. The number of nitrogens with zero attached hydrogens (tertiary/aromatic N) is 4. The van der Waals surface area contributed by atoms with Crippen LogP contribution in [0, 0.1) is 0 Å². The first-order chi connectivity index (χ1) is 10.9. The summed E-state index contributed by atoms with van der Waals surface area (Å²) >= 11 is 6.97. The largest absolute Gasteiger partial charge is 0.549 e. The van der Waals surface area contributed by atoms with Crippen LogP contribution >= 0.6 is 23.4 Å². The van der Waals surface area contributed by atoms with Crippen LogP contribution in [0.3, 0.4) is 0 Å². The van der Waals surface area contributed by atoms with Crippen molar-refractivity contribution in [2.24, 2.45) is 0 Å². The van der Waals surface area contributed by atoms with Gasteiger partial charge in [-0.2, -0.15) is 0 Å². The van der Waals surface area contributed by atoms with Crippen LogP contribution in [-0.2, 0) is 9.59 Å². The van der Waals surface area contributed by atoms with Crippen LogP contribution < -0.4 is 10.0 Å². The number of carboxylic acids is 1. The number of carbonyl (C=O) groups is 2. The topological polar surface area (TPSA) is 89.5 Å². The highest BCUT2D eigenvalue weighted by atomic mass is 35.5. The third kappa shape index (κ3) is 4.71. The molecule has 126 valence electrons. The molecule has 2 rings (SSSR count). The second-order valence-electron chi connectivity index (χ2n) is 5.23. The molecule has 1 amide bonds. The Morgan fingerprint density at radius 3 is 2.78 bits per heavy atom. The van der Waals surface area contributed by atoms with Gasteiger partial charge in [0.1, 0.15) is 11.0 Å². The molecule has 1 atom stereocenters. The Labute approximate surface area is 144 Å². The van der Waals surface area contributed by atoms with Gasteiger partial charge in [0.2, 0.25) is 5.91 Å². The molecule has 1 aliphatic rings. The molecule has 0 spiro atoms. The van der Waals surface area contributed by atoms with Crippen LogP contribution in [0.25, 0.3) is 0 Å². The number of hydrogen-bond donors (Lipinski definition) is 0. The maximum atomic E-state index is 11.9. The molecule has 2 heterocycles. The molecule has 0 unspecified atom stereocenters. The van der Waals surface area contributed by atoms with Gasteiger partial charge < -0.3 is 19.7 Å². The molecule has 9 heteroatoms. The molecule has 1 aromatic rings. The van der Waals surface area contributed by atoms with Crippen LogP contribution in [0.2, 0.25) is 5.15 Å². The molecule has 0 radical (unpaired) electrons. The maximum absolute atomic E-state index is 11.9. The van der Waals surface area contributed by atoms with Gasteiger partial charge >= 0.3 is 0 Å². The SMILES string of the molecule is CCC(=O)N1CCN(c2cc(Cl)nc(SCC(=O)[O-])n2)C[C@H]1C. The second-order valence-corrected chi connectivity index (χ2v) is 6.56. The number of amides is 1. The average Bonchev–Trinajstić information content (AvgIpc) is 2.51. The standard InChI is InChI=1S/C14H19ClN4O3S/c1-3-12(20)19-5-4-18(7-9(19)2)11-6-10(15)16-14(17-11)23-8-13(21)22/h6,9H,3-5,7-8H2,1-2H3,(H,21,22)/p-1/t9-/m1/s1. The van der Waals surface area contributed by atoms with Gasteiger partial charge in [0.05, 0.1) is 5.97 Å². The van der Waals surface area contributed by atoms with E-state index in [9.17, 15) is 14.7 Å². The molecule has 0 aliphatic carbocycles. The Balaban J connectivity index is 2.10. The smallest absolute Gasteiger partial charge is 0.222 e. The van der Waals surface area contributed by atoms with Crippen LogP contribution in [0.1, 0.15) is 20.3 Å². The van der Waals surface area contributed by atoms with Gasteiger partial charge in [-0.05, 0) is 6.92 Å². The highest BCUT2D eigenvalue weighted by Gasteiger charge is 2.27. The molecule has 0 saturated carbocycles.